The molecule has 0 spiro atoms. The molecule has 13 heteroatoms. The molecule has 0 saturated heterocycles. The first-order valence-electron chi connectivity index (χ1n) is 12.8. The number of carbonyl (C=O) groups is 2. The van der Waals surface area contributed by atoms with Crippen LogP contribution in [0.3, 0.4) is 0 Å². The first-order chi connectivity index (χ1) is 19.5. The molecule has 0 aliphatic heterocycles. The predicted molar refractivity (Wildman–Crippen MR) is 140 cm³/mol. The lowest BCUT2D eigenvalue weighted by Crippen LogP contribution is -2.45. The van der Waals surface area contributed by atoms with Crippen LogP contribution in [0.1, 0.15) is 48.0 Å². The molecule has 41 heavy (non-hydrogen) atoms. The molecule has 1 aliphatic rings. The maximum Gasteiger partial charge on any atom is 0.328 e. The molecule has 3 amide bonds. The van der Waals surface area contributed by atoms with Crippen LogP contribution in [0.5, 0.6) is 0 Å². The average Bonchev–Trinajstić information content (AvgIpc) is 2.96. The van der Waals surface area contributed by atoms with Crippen LogP contribution < -0.4 is 15.4 Å². The van der Waals surface area contributed by atoms with E-state index >= 15 is 0 Å². The lowest BCUT2D eigenvalue weighted by molar-refractivity contribution is 0.0954. The Morgan fingerprint density at radius 3 is 2.00 bits per heavy atom. The van der Waals surface area contributed by atoms with E-state index in [1.54, 1.807) is 0 Å². The summed E-state index contributed by atoms with van der Waals surface area (Å²) in [7, 11) is -4.11. The largest absolute Gasteiger partial charge is 0.352 e. The van der Waals surface area contributed by atoms with Crippen LogP contribution in [0.2, 0.25) is 0 Å². The molecular weight excluding hydrogens is 569 g/mol. The number of urea groups is 1. The molecule has 0 aromatic heterocycles. The highest BCUT2D eigenvalue weighted by molar-refractivity contribution is 7.90. The van der Waals surface area contributed by atoms with Gasteiger partial charge in [0.2, 0.25) is 5.82 Å². The minimum absolute atomic E-state index is 0.00157. The van der Waals surface area contributed by atoms with Crippen LogP contribution >= 0.6 is 0 Å². The summed E-state index contributed by atoms with van der Waals surface area (Å²) in [6.07, 6.45) is 4.82. The molecule has 1 saturated carbocycles. The van der Waals surface area contributed by atoms with Crippen molar-refractivity contribution in [1.82, 2.24) is 15.4 Å². The summed E-state index contributed by atoms with van der Waals surface area (Å²) < 4.78 is 96.8. The Balaban J connectivity index is 1.38. The Hall–Kier alpha value is -4.00. The number of benzene rings is 3. The number of carbonyl (C=O) groups excluding carboxylic acids is 2. The van der Waals surface area contributed by atoms with Crippen molar-refractivity contribution in [3.8, 4) is 11.1 Å². The van der Waals surface area contributed by atoms with E-state index in [0.717, 1.165) is 38.2 Å². The molecule has 7 nitrogen and oxygen atoms in total. The number of amides is 3. The van der Waals surface area contributed by atoms with Crippen LogP contribution in [-0.2, 0) is 16.4 Å². The van der Waals surface area contributed by atoms with Gasteiger partial charge in [-0.2, -0.15) is 0 Å². The van der Waals surface area contributed by atoms with Gasteiger partial charge in [0.05, 0.1) is 10.5 Å². The van der Waals surface area contributed by atoms with E-state index < -0.39 is 62.2 Å². The van der Waals surface area contributed by atoms with Gasteiger partial charge in [0.25, 0.3) is 15.9 Å². The van der Waals surface area contributed by atoms with Gasteiger partial charge in [-0.25, -0.2) is 39.9 Å². The van der Waals surface area contributed by atoms with E-state index in [0.29, 0.717) is 5.56 Å². The highest BCUT2D eigenvalue weighted by Gasteiger charge is 2.29. The van der Waals surface area contributed by atoms with E-state index in [2.05, 4.69) is 10.6 Å². The SMILES string of the molecule is O=C(NC1CCCCC1)NS(=O)(=O)c1ccc(CCNC(=O)c2ccccc2-c2c(F)c(F)c(F)c(F)c2F)cc1. The highest BCUT2D eigenvalue weighted by atomic mass is 32.2. The lowest BCUT2D eigenvalue weighted by Gasteiger charge is -2.22. The van der Waals surface area contributed by atoms with Gasteiger partial charge in [-0.1, -0.05) is 49.6 Å². The molecule has 1 fully saturated rings. The maximum atomic E-state index is 14.4. The molecule has 3 aromatic rings. The molecule has 3 aromatic carbocycles. The van der Waals surface area contributed by atoms with Crippen LogP contribution in [0, 0.1) is 29.1 Å². The van der Waals surface area contributed by atoms with Crippen molar-refractivity contribution in [2.75, 3.05) is 6.54 Å². The monoisotopic (exact) mass is 595 g/mol. The van der Waals surface area contributed by atoms with Crippen molar-refractivity contribution >= 4 is 22.0 Å². The third-order valence-electron chi connectivity index (χ3n) is 6.75. The van der Waals surface area contributed by atoms with Crippen molar-refractivity contribution < 1.29 is 40.0 Å². The molecule has 0 unspecified atom stereocenters. The zero-order valence-electron chi connectivity index (χ0n) is 21.6. The van der Waals surface area contributed by atoms with Crippen molar-refractivity contribution in [1.29, 1.82) is 0 Å². The van der Waals surface area contributed by atoms with Gasteiger partial charge >= 0.3 is 6.03 Å². The second-order valence-corrected chi connectivity index (χ2v) is 11.2. The number of hydrogen-bond acceptors (Lipinski definition) is 4. The highest BCUT2D eigenvalue weighted by Crippen LogP contribution is 2.33. The summed E-state index contributed by atoms with van der Waals surface area (Å²) in [6.45, 7) is -0.00157. The summed E-state index contributed by atoms with van der Waals surface area (Å²) in [5.74, 6) is -11.5. The number of halogens is 5. The van der Waals surface area contributed by atoms with Gasteiger partial charge < -0.3 is 10.6 Å². The van der Waals surface area contributed by atoms with Crippen molar-refractivity contribution in [3.05, 3.63) is 88.7 Å². The van der Waals surface area contributed by atoms with Gasteiger partial charge in [0.15, 0.2) is 23.3 Å². The number of rotatable bonds is 8. The molecule has 1 aliphatic carbocycles. The summed E-state index contributed by atoms with van der Waals surface area (Å²) in [5.41, 5.74) is -1.39. The second kappa shape index (κ2) is 12.7. The Bertz CT molecular complexity index is 1530. The van der Waals surface area contributed by atoms with E-state index in [1.165, 1.54) is 42.5 Å². The van der Waals surface area contributed by atoms with Gasteiger partial charge in [-0.3, -0.25) is 4.79 Å². The average molecular weight is 596 g/mol. The zero-order chi connectivity index (χ0) is 29.7. The topological polar surface area (TPSA) is 104 Å². The summed E-state index contributed by atoms with van der Waals surface area (Å²) in [5, 5.41) is 5.19. The quantitative estimate of drug-likeness (QED) is 0.186. The molecule has 4 rings (SSSR count). The van der Waals surface area contributed by atoms with Gasteiger partial charge in [0.1, 0.15) is 0 Å². The third kappa shape index (κ3) is 6.84. The second-order valence-electron chi connectivity index (χ2n) is 9.55. The van der Waals surface area contributed by atoms with Gasteiger partial charge in [0, 0.05) is 23.7 Å². The van der Waals surface area contributed by atoms with Crippen LogP contribution in [0.15, 0.2) is 53.4 Å². The first-order valence-corrected chi connectivity index (χ1v) is 14.3. The van der Waals surface area contributed by atoms with E-state index in [9.17, 15) is 40.0 Å². The molecule has 0 bridgehead atoms. The van der Waals surface area contributed by atoms with Crippen molar-refractivity contribution in [2.24, 2.45) is 0 Å². The van der Waals surface area contributed by atoms with E-state index in [-0.39, 0.29) is 29.5 Å². The molecule has 218 valence electrons. The molecule has 3 N–H and O–H groups in total. The fraction of sp³-hybridized carbons (Fsp3) is 0.286. The van der Waals surface area contributed by atoms with Crippen molar-refractivity contribution in [3.63, 3.8) is 0 Å². The summed E-state index contributed by atoms with van der Waals surface area (Å²) in [6, 6.07) is 9.61. The third-order valence-corrected chi connectivity index (χ3v) is 8.10. The normalized spacial score (nSPS) is 14.0. The first kappa shape index (κ1) is 30.0. The minimum atomic E-state index is -4.11. The number of nitrogens with one attached hydrogen (secondary N) is 3. The van der Waals surface area contributed by atoms with E-state index in [1.807, 2.05) is 4.72 Å². The Morgan fingerprint density at radius 2 is 1.37 bits per heavy atom. The molecule has 0 heterocycles. The van der Waals surface area contributed by atoms with Crippen molar-refractivity contribution in [2.45, 2.75) is 49.5 Å². The molecular formula is C28H26F5N3O4S. The van der Waals surface area contributed by atoms with E-state index in [4.69, 9.17) is 0 Å². The Kier molecular flexibility index (Phi) is 9.26. The maximum absolute atomic E-state index is 14.4. The summed E-state index contributed by atoms with van der Waals surface area (Å²) in [4.78, 5) is 24.8. The minimum Gasteiger partial charge on any atom is -0.352 e. The van der Waals surface area contributed by atoms with Gasteiger partial charge in [-0.15, -0.1) is 0 Å². The van der Waals surface area contributed by atoms with Crippen LogP contribution in [0.4, 0.5) is 26.7 Å². The van der Waals surface area contributed by atoms with Crippen LogP contribution in [-0.4, -0.2) is 32.9 Å². The molecule has 0 radical (unpaired) electrons. The fourth-order valence-corrected chi connectivity index (χ4v) is 5.55. The summed E-state index contributed by atoms with van der Waals surface area (Å²) >= 11 is 0. The number of sulfonamides is 1. The molecule has 0 atom stereocenters. The fourth-order valence-electron chi connectivity index (χ4n) is 4.63. The standard InChI is InChI=1S/C28H26F5N3O4S/c29-22-21(23(30)25(32)26(33)24(22)31)19-8-4-5-9-20(19)27(37)34-15-14-16-10-12-18(13-11-16)41(39,40)36-28(38)35-17-6-2-1-3-7-17/h4-5,8-13,17H,1-3,6-7,14-15H2,(H,34,37)(H2,35,36,38). The van der Waals surface area contributed by atoms with Gasteiger partial charge in [-0.05, 0) is 43.0 Å². The zero-order valence-corrected chi connectivity index (χ0v) is 22.4. The Morgan fingerprint density at radius 1 is 0.780 bits per heavy atom. The van der Waals surface area contributed by atoms with Crippen LogP contribution in [0.25, 0.3) is 11.1 Å². The number of hydrogen-bond donors (Lipinski definition) is 3. The lowest BCUT2D eigenvalue weighted by atomic mass is 9.96. The Labute approximate surface area is 233 Å². The smallest absolute Gasteiger partial charge is 0.328 e. The predicted octanol–water partition coefficient (Wildman–Crippen LogP) is 5.34.